The van der Waals surface area contributed by atoms with E-state index in [1.54, 1.807) is 6.92 Å². The van der Waals surface area contributed by atoms with Gasteiger partial charge in [0.05, 0.1) is 9.79 Å². The lowest BCUT2D eigenvalue weighted by Crippen LogP contribution is -2.26. The van der Waals surface area contributed by atoms with E-state index in [-0.39, 0.29) is 11.4 Å². The van der Waals surface area contributed by atoms with Gasteiger partial charge in [0.2, 0.25) is 10.0 Å². The molecule has 96 valence electrons. The van der Waals surface area contributed by atoms with Gasteiger partial charge in [-0.05, 0) is 18.2 Å². The van der Waals surface area contributed by atoms with Crippen molar-refractivity contribution in [1.29, 1.82) is 0 Å². The van der Waals surface area contributed by atoms with Crippen LogP contribution in [0, 0.1) is 0 Å². The number of hydrogen-bond donors (Lipinski definition) is 0. The molecule has 17 heavy (non-hydrogen) atoms. The molecule has 0 radical (unpaired) electrons. The molecule has 1 aromatic carbocycles. The number of hydrogen-bond acceptors (Lipinski definition) is 4. The Kier molecular flexibility index (Phi) is 3.90. The van der Waals surface area contributed by atoms with Crippen LogP contribution in [0.3, 0.4) is 0 Å². The topological polar surface area (TPSA) is 71.5 Å². The maximum Gasteiger partial charge on any atom is 0.332 e. The molecule has 0 unspecified atom stereocenters. The second-order valence-corrected chi connectivity index (χ2v) is 6.72. The lowest BCUT2D eigenvalue weighted by Gasteiger charge is -2.14. The predicted octanol–water partition coefficient (Wildman–Crippen LogP) is 0.985. The van der Waals surface area contributed by atoms with Crippen LogP contribution in [0.4, 0.5) is 3.89 Å². The van der Waals surface area contributed by atoms with Gasteiger partial charge in [0.1, 0.15) is 0 Å². The number of benzene rings is 1. The van der Waals surface area contributed by atoms with Crippen LogP contribution in [-0.2, 0) is 20.2 Å². The van der Waals surface area contributed by atoms with Gasteiger partial charge in [-0.2, -0.15) is 8.42 Å². The molecule has 5 nitrogen and oxygen atoms in total. The Morgan fingerprint density at radius 2 is 1.71 bits per heavy atom. The van der Waals surface area contributed by atoms with Crippen molar-refractivity contribution in [1.82, 2.24) is 4.31 Å². The maximum absolute atomic E-state index is 12.7. The number of sulfonamides is 1. The molecule has 0 saturated heterocycles. The van der Waals surface area contributed by atoms with Gasteiger partial charge in [-0.25, -0.2) is 12.7 Å². The molecule has 0 N–H and O–H groups in total. The van der Waals surface area contributed by atoms with Crippen LogP contribution in [0.25, 0.3) is 0 Å². The largest absolute Gasteiger partial charge is 0.332 e. The van der Waals surface area contributed by atoms with E-state index in [2.05, 4.69) is 0 Å². The third-order valence-corrected chi connectivity index (χ3v) is 4.99. The Bertz CT molecular complexity index is 610. The van der Waals surface area contributed by atoms with Gasteiger partial charge >= 0.3 is 10.2 Å². The van der Waals surface area contributed by atoms with Gasteiger partial charge in [-0.1, -0.05) is 13.0 Å². The molecule has 0 aliphatic rings. The summed E-state index contributed by atoms with van der Waals surface area (Å²) in [6, 6.07) is 4.20. The molecule has 0 heterocycles. The van der Waals surface area contributed by atoms with Crippen LogP contribution in [0.2, 0.25) is 0 Å². The Balaban J connectivity index is 3.36. The summed E-state index contributed by atoms with van der Waals surface area (Å²) in [4.78, 5) is -0.913. The summed E-state index contributed by atoms with van der Waals surface area (Å²) < 4.78 is 58.8. The summed E-state index contributed by atoms with van der Waals surface area (Å²) in [7, 11) is -7.32. The number of halogens is 1. The van der Waals surface area contributed by atoms with Gasteiger partial charge in [-0.15, -0.1) is 3.89 Å². The molecule has 0 aliphatic heterocycles. The molecule has 1 rings (SSSR count). The van der Waals surface area contributed by atoms with E-state index >= 15 is 0 Å². The van der Waals surface area contributed by atoms with Gasteiger partial charge in [0, 0.05) is 13.6 Å². The van der Waals surface area contributed by atoms with E-state index in [9.17, 15) is 20.7 Å². The minimum atomic E-state index is -4.90. The fourth-order valence-electron chi connectivity index (χ4n) is 1.14. The SMILES string of the molecule is CCN(C)S(=O)(=O)c1cccc(S(=O)(=O)F)c1. The Labute approximate surface area is 100 Å². The van der Waals surface area contributed by atoms with Crippen LogP contribution in [0.5, 0.6) is 0 Å². The predicted molar refractivity (Wildman–Crippen MR) is 60.2 cm³/mol. The summed E-state index contributed by atoms with van der Waals surface area (Å²) in [6.45, 7) is 1.86. The zero-order chi connectivity index (χ0) is 13.3. The van der Waals surface area contributed by atoms with E-state index in [0.29, 0.717) is 0 Å². The van der Waals surface area contributed by atoms with Crippen LogP contribution in [0.15, 0.2) is 34.1 Å². The quantitative estimate of drug-likeness (QED) is 0.771. The van der Waals surface area contributed by atoms with E-state index in [1.165, 1.54) is 19.2 Å². The van der Waals surface area contributed by atoms with E-state index in [4.69, 9.17) is 0 Å². The van der Waals surface area contributed by atoms with Crippen LogP contribution < -0.4 is 0 Å². The molecule has 1 aromatic rings. The molecule has 0 saturated carbocycles. The maximum atomic E-state index is 12.7. The minimum absolute atomic E-state index is 0.231. The first-order chi connectivity index (χ1) is 7.69. The average Bonchev–Trinajstić information content (AvgIpc) is 2.27. The molecule has 0 aromatic heterocycles. The first-order valence-corrected chi connectivity index (χ1v) is 7.53. The molecular weight excluding hydrogens is 269 g/mol. The molecule has 0 bridgehead atoms. The first-order valence-electron chi connectivity index (χ1n) is 4.70. The smallest absolute Gasteiger partial charge is 0.207 e. The summed E-state index contributed by atoms with van der Waals surface area (Å²) in [6.07, 6.45) is 0. The van der Waals surface area contributed by atoms with Crippen molar-refractivity contribution in [3.05, 3.63) is 24.3 Å². The first kappa shape index (κ1) is 14.1. The highest BCUT2D eigenvalue weighted by molar-refractivity contribution is 7.89. The van der Waals surface area contributed by atoms with Crippen molar-refractivity contribution < 1.29 is 20.7 Å². The van der Waals surface area contributed by atoms with Crippen molar-refractivity contribution in [3.63, 3.8) is 0 Å². The zero-order valence-corrected chi connectivity index (χ0v) is 10.9. The Morgan fingerprint density at radius 3 is 2.18 bits per heavy atom. The third kappa shape index (κ3) is 3.02. The third-order valence-electron chi connectivity index (χ3n) is 2.24. The summed E-state index contributed by atoms with van der Waals surface area (Å²) in [5, 5.41) is 0. The van der Waals surface area contributed by atoms with Crippen molar-refractivity contribution in [3.8, 4) is 0 Å². The second-order valence-electron chi connectivity index (χ2n) is 3.33. The monoisotopic (exact) mass is 281 g/mol. The molecule has 0 atom stereocenters. The minimum Gasteiger partial charge on any atom is -0.207 e. The highest BCUT2D eigenvalue weighted by atomic mass is 32.3. The summed E-state index contributed by atoms with van der Waals surface area (Å²) >= 11 is 0. The molecule has 0 aliphatic carbocycles. The van der Waals surface area contributed by atoms with Crippen LogP contribution in [-0.4, -0.2) is 34.7 Å². The number of nitrogens with zero attached hydrogens (tertiary/aromatic N) is 1. The summed E-state index contributed by atoms with van der Waals surface area (Å²) in [5.41, 5.74) is 0. The van der Waals surface area contributed by atoms with E-state index in [1.807, 2.05) is 0 Å². The Morgan fingerprint density at radius 1 is 1.18 bits per heavy atom. The standard InChI is InChI=1S/C9H12FNO4S2/c1-3-11(2)17(14,15)9-6-4-5-8(7-9)16(10,12)13/h4-7H,3H2,1-2H3. The van der Waals surface area contributed by atoms with Crippen molar-refractivity contribution in [2.24, 2.45) is 0 Å². The lowest BCUT2D eigenvalue weighted by molar-refractivity contribution is 0.486. The molecule has 0 amide bonds. The van der Waals surface area contributed by atoms with Gasteiger partial charge < -0.3 is 0 Å². The summed E-state index contributed by atoms with van der Waals surface area (Å²) in [5.74, 6) is 0. The highest BCUT2D eigenvalue weighted by Crippen LogP contribution is 2.19. The Hall–Kier alpha value is -0.990. The van der Waals surface area contributed by atoms with Crippen LogP contribution in [0.1, 0.15) is 6.92 Å². The van der Waals surface area contributed by atoms with Gasteiger partial charge in [0.15, 0.2) is 0 Å². The van der Waals surface area contributed by atoms with Gasteiger partial charge in [0.25, 0.3) is 0 Å². The molecule has 0 spiro atoms. The molecule has 0 fully saturated rings. The fraction of sp³-hybridized carbons (Fsp3) is 0.333. The highest BCUT2D eigenvalue weighted by Gasteiger charge is 2.21. The van der Waals surface area contributed by atoms with Crippen molar-refractivity contribution >= 4 is 20.2 Å². The second kappa shape index (κ2) is 4.71. The molecular formula is C9H12FNO4S2. The zero-order valence-electron chi connectivity index (χ0n) is 9.29. The fourth-order valence-corrected chi connectivity index (χ4v) is 2.95. The molecule has 8 heteroatoms. The van der Waals surface area contributed by atoms with Crippen LogP contribution >= 0.6 is 0 Å². The average molecular weight is 281 g/mol. The van der Waals surface area contributed by atoms with Gasteiger partial charge in [-0.3, -0.25) is 0 Å². The van der Waals surface area contributed by atoms with E-state index in [0.717, 1.165) is 16.4 Å². The van der Waals surface area contributed by atoms with Crippen molar-refractivity contribution in [2.75, 3.05) is 13.6 Å². The number of rotatable bonds is 4. The van der Waals surface area contributed by atoms with Crippen molar-refractivity contribution in [2.45, 2.75) is 16.7 Å². The van der Waals surface area contributed by atoms with E-state index < -0.39 is 25.1 Å². The lowest BCUT2D eigenvalue weighted by atomic mass is 10.4. The normalized spacial score (nSPS) is 12.9.